The minimum Gasteiger partial charge on any atom is -0.493 e. The summed E-state index contributed by atoms with van der Waals surface area (Å²) in [5.41, 5.74) is 2.57. The first-order chi connectivity index (χ1) is 15.0. The fourth-order valence-electron chi connectivity index (χ4n) is 4.12. The van der Waals surface area contributed by atoms with Crippen molar-refractivity contribution in [2.24, 2.45) is 0 Å². The van der Waals surface area contributed by atoms with Crippen molar-refractivity contribution < 1.29 is 14.2 Å². The van der Waals surface area contributed by atoms with E-state index in [0.29, 0.717) is 40.6 Å². The van der Waals surface area contributed by atoms with E-state index in [2.05, 4.69) is 39.1 Å². The third kappa shape index (κ3) is 3.97. The van der Waals surface area contributed by atoms with Gasteiger partial charge in [-0.25, -0.2) is 0 Å². The lowest BCUT2D eigenvalue weighted by Crippen LogP contribution is -2.23. The van der Waals surface area contributed by atoms with Crippen molar-refractivity contribution in [3.63, 3.8) is 0 Å². The second-order valence-electron chi connectivity index (χ2n) is 7.65. The Balaban J connectivity index is 1.68. The Kier molecular flexibility index (Phi) is 5.88. The molecule has 1 fully saturated rings. The molecule has 2 heterocycles. The Labute approximate surface area is 181 Å². The highest BCUT2D eigenvalue weighted by Crippen LogP contribution is 2.41. The van der Waals surface area contributed by atoms with Crippen LogP contribution in [0.4, 0.5) is 11.6 Å². The van der Waals surface area contributed by atoms with Crippen LogP contribution in [-0.2, 0) is 6.54 Å². The fraction of sp³-hybridized carbons (Fsp3) is 0.391. The smallest absolute Gasteiger partial charge is 0.286 e. The Morgan fingerprint density at radius 1 is 1.06 bits per heavy atom. The molecule has 0 amide bonds. The maximum Gasteiger partial charge on any atom is 0.286 e. The topological polar surface area (TPSA) is 79.9 Å². The van der Waals surface area contributed by atoms with Crippen LogP contribution < -0.4 is 29.6 Å². The predicted octanol–water partition coefficient (Wildman–Crippen LogP) is 3.19. The van der Waals surface area contributed by atoms with Crippen molar-refractivity contribution in [3.05, 3.63) is 46.2 Å². The summed E-state index contributed by atoms with van der Waals surface area (Å²) in [6.45, 7) is 2.82. The van der Waals surface area contributed by atoms with Gasteiger partial charge in [-0.15, -0.1) is 0 Å². The number of anilines is 2. The van der Waals surface area contributed by atoms with Gasteiger partial charge in [0.15, 0.2) is 11.5 Å². The zero-order valence-electron chi connectivity index (χ0n) is 18.4. The molecule has 0 unspecified atom stereocenters. The number of aromatic nitrogens is 2. The average Bonchev–Trinajstić information content (AvgIpc) is 3.32. The van der Waals surface area contributed by atoms with E-state index in [1.165, 1.54) is 32.7 Å². The normalized spacial score (nSPS) is 13.5. The molecule has 164 valence electrons. The van der Waals surface area contributed by atoms with Gasteiger partial charge in [0.25, 0.3) is 5.56 Å². The summed E-state index contributed by atoms with van der Waals surface area (Å²) in [6.07, 6.45) is 2.48. The molecule has 31 heavy (non-hydrogen) atoms. The maximum absolute atomic E-state index is 12.9. The third-order valence-electron chi connectivity index (χ3n) is 5.66. The first-order valence-corrected chi connectivity index (χ1v) is 10.3. The lowest BCUT2D eigenvalue weighted by Gasteiger charge is -2.22. The van der Waals surface area contributed by atoms with E-state index >= 15 is 0 Å². The highest BCUT2D eigenvalue weighted by Gasteiger charge is 2.21. The van der Waals surface area contributed by atoms with Crippen LogP contribution in [0.2, 0.25) is 0 Å². The zero-order chi connectivity index (χ0) is 22.0. The molecular formula is C23H28N4O4. The van der Waals surface area contributed by atoms with Gasteiger partial charge in [-0.05, 0) is 30.5 Å². The highest BCUT2D eigenvalue weighted by atomic mass is 16.5. The van der Waals surface area contributed by atoms with Gasteiger partial charge in [0.2, 0.25) is 11.7 Å². The van der Waals surface area contributed by atoms with E-state index in [1.54, 1.807) is 13.2 Å². The molecule has 0 saturated carbocycles. The zero-order valence-corrected chi connectivity index (χ0v) is 18.4. The van der Waals surface area contributed by atoms with Crippen LogP contribution in [0, 0.1) is 0 Å². The number of hydrogen-bond acceptors (Lipinski definition) is 7. The summed E-state index contributed by atoms with van der Waals surface area (Å²) < 4.78 is 16.3. The summed E-state index contributed by atoms with van der Waals surface area (Å²) in [5, 5.41) is 0.327. The van der Waals surface area contributed by atoms with Gasteiger partial charge >= 0.3 is 0 Å². The quantitative estimate of drug-likeness (QED) is 0.624. The molecule has 1 N–H and O–H groups in total. The monoisotopic (exact) mass is 424 g/mol. The lowest BCUT2D eigenvalue weighted by molar-refractivity contribution is 0.327. The van der Waals surface area contributed by atoms with Gasteiger partial charge in [0.1, 0.15) is 5.39 Å². The molecule has 0 aliphatic carbocycles. The van der Waals surface area contributed by atoms with Crippen molar-refractivity contribution in [1.82, 2.24) is 9.97 Å². The Hall–Kier alpha value is -3.42. The van der Waals surface area contributed by atoms with E-state index in [0.717, 1.165) is 18.7 Å². The summed E-state index contributed by atoms with van der Waals surface area (Å²) in [5.74, 6) is 1.61. The number of ether oxygens (including phenoxy) is 3. The minimum absolute atomic E-state index is 0.304. The Morgan fingerprint density at radius 3 is 2.48 bits per heavy atom. The van der Waals surface area contributed by atoms with Crippen LogP contribution in [0.15, 0.2) is 35.1 Å². The number of nitrogens with one attached hydrogen (secondary N) is 1. The maximum atomic E-state index is 12.9. The van der Waals surface area contributed by atoms with Gasteiger partial charge in [0, 0.05) is 38.4 Å². The van der Waals surface area contributed by atoms with Gasteiger partial charge < -0.3 is 29.0 Å². The van der Waals surface area contributed by atoms with Gasteiger partial charge in [-0.1, -0.05) is 12.1 Å². The van der Waals surface area contributed by atoms with E-state index < -0.39 is 0 Å². The summed E-state index contributed by atoms with van der Waals surface area (Å²) in [6, 6.07) is 10.3. The second kappa shape index (κ2) is 8.75. The molecular weight excluding hydrogens is 396 g/mol. The molecule has 1 aliphatic heterocycles. The molecule has 1 aromatic heterocycles. The molecule has 1 saturated heterocycles. The number of nitrogens with zero attached hydrogens (tertiary/aromatic N) is 3. The molecule has 8 nitrogen and oxygen atoms in total. The SMILES string of the molecule is COc1cc2[nH]c(N(C)Cc3cccc(N4CCCC4)c3)nc(=O)c2c(OC)c1OC. The van der Waals surface area contributed by atoms with E-state index in [4.69, 9.17) is 14.2 Å². The molecule has 0 spiro atoms. The number of fused-ring (bicyclic) bond motifs is 1. The molecule has 0 bridgehead atoms. The van der Waals surface area contributed by atoms with Crippen LogP contribution >= 0.6 is 0 Å². The predicted molar refractivity (Wildman–Crippen MR) is 122 cm³/mol. The first kappa shape index (κ1) is 20.8. The largest absolute Gasteiger partial charge is 0.493 e. The number of rotatable bonds is 7. The first-order valence-electron chi connectivity index (χ1n) is 10.3. The van der Waals surface area contributed by atoms with Gasteiger partial charge in [-0.3, -0.25) is 4.79 Å². The van der Waals surface area contributed by atoms with Crippen molar-refractivity contribution in [2.45, 2.75) is 19.4 Å². The van der Waals surface area contributed by atoms with Crippen LogP contribution in [0.3, 0.4) is 0 Å². The number of aromatic amines is 1. The van der Waals surface area contributed by atoms with Crippen molar-refractivity contribution in [1.29, 1.82) is 0 Å². The van der Waals surface area contributed by atoms with E-state index in [9.17, 15) is 4.79 Å². The van der Waals surface area contributed by atoms with Crippen molar-refractivity contribution in [2.75, 3.05) is 51.3 Å². The van der Waals surface area contributed by atoms with E-state index in [1.807, 2.05) is 11.9 Å². The Morgan fingerprint density at radius 2 is 1.81 bits per heavy atom. The standard InChI is InChI=1S/C23H28N4O4/c1-26(14-15-8-7-9-16(12-15)27-10-5-6-11-27)23-24-17-13-18(29-2)20(30-3)21(31-4)19(17)22(28)25-23/h7-9,12-13H,5-6,10-11,14H2,1-4H3,(H,24,25,28). The third-order valence-corrected chi connectivity index (χ3v) is 5.66. The molecule has 4 rings (SSSR count). The van der Waals surface area contributed by atoms with Crippen LogP contribution in [0.5, 0.6) is 17.2 Å². The van der Waals surface area contributed by atoms with Crippen LogP contribution in [0.1, 0.15) is 18.4 Å². The number of hydrogen-bond donors (Lipinski definition) is 1. The number of methoxy groups -OCH3 is 3. The minimum atomic E-state index is -0.390. The molecule has 8 heteroatoms. The molecule has 1 aliphatic rings. The number of benzene rings is 2. The Bertz CT molecular complexity index is 1140. The molecule has 2 aromatic carbocycles. The van der Waals surface area contributed by atoms with Crippen LogP contribution in [0.25, 0.3) is 10.9 Å². The number of H-pyrrole nitrogens is 1. The summed E-state index contributed by atoms with van der Waals surface area (Å²) in [7, 11) is 6.45. The van der Waals surface area contributed by atoms with Gasteiger partial charge in [0.05, 0.1) is 26.8 Å². The average molecular weight is 425 g/mol. The molecule has 3 aromatic rings. The lowest BCUT2D eigenvalue weighted by atomic mass is 10.1. The fourth-order valence-corrected chi connectivity index (χ4v) is 4.12. The van der Waals surface area contributed by atoms with Crippen molar-refractivity contribution in [3.8, 4) is 17.2 Å². The summed E-state index contributed by atoms with van der Waals surface area (Å²) in [4.78, 5) is 24.7. The van der Waals surface area contributed by atoms with E-state index in [-0.39, 0.29) is 5.56 Å². The highest BCUT2D eigenvalue weighted by molar-refractivity contribution is 5.90. The molecule has 0 radical (unpaired) electrons. The van der Waals surface area contributed by atoms with Crippen LogP contribution in [-0.4, -0.2) is 51.4 Å². The van der Waals surface area contributed by atoms with Gasteiger partial charge in [-0.2, -0.15) is 4.98 Å². The molecule has 0 atom stereocenters. The summed E-state index contributed by atoms with van der Waals surface area (Å²) >= 11 is 0. The second-order valence-corrected chi connectivity index (χ2v) is 7.65. The van der Waals surface area contributed by atoms with Crippen molar-refractivity contribution >= 4 is 22.5 Å².